The van der Waals surface area contributed by atoms with Gasteiger partial charge in [-0.1, -0.05) is 72.8 Å². The Bertz CT molecular complexity index is 933. The summed E-state index contributed by atoms with van der Waals surface area (Å²) in [4.78, 5) is 17.0. The number of carbonyl (C=O) groups is 1. The first kappa shape index (κ1) is 22.5. The number of amidine groups is 1. The number of carbonyl (C=O) groups excluding carboxylic acids is 1. The van der Waals surface area contributed by atoms with Crippen molar-refractivity contribution in [3.63, 3.8) is 0 Å². The molecular formula is C24H29N5O2. The van der Waals surface area contributed by atoms with Crippen LogP contribution in [0.5, 0.6) is 0 Å². The fourth-order valence-electron chi connectivity index (χ4n) is 2.87. The van der Waals surface area contributed by atoms with Gasteiger partial charge in [-0.3, -0.25) is 4.79 Å². The highest BCUT2D eigenvalue weighted by Crippen LogP contribution is 2.15. The molecule has 1 heterocycles. The summed E-state index contributed by atoms with van der Waals surface area (Å²) in [5.74, 6) is 0.148. The molecule has 31 heavy (non-hydrogen) atoms. The van der Waals surface area contributed by atoms with Gasteiger partial charge in [-0.05, 0) is 25.0 Å². The van der Waals surface area contributed by atoms with Crippen molar-refractivity contribution in [2.75, 3.05) is 6.61 Å². The van der Waals surface area contributed by atoms with Crippen LogP contribution in [-0.4, -0.2) is 36.1 Å². The monoisotopic (exact) mass is 419 g/mol. The summed E-state index contributed by atoms with van der Waals surface area (Å²) in [6, 6.07) is 19.3. The van der Waals surface area contributed by atoms with Gasteiger partial charge in [0.15, 0.2) is 12.0 Å². The van der Waals surface area contributed by atoms with Crippen LogP contribution in [0.15, 0.2) is 82.0 Å². The highest BCUT2D eigenvalue weighted by Gasteiger charge is 2.29. The fourth-order valence-corrected chi connectivity index (χ4v) is 2.87. The first-order valence-corrected chi connectivity index (χ1v) is 10.3. The number of nitrogens with one attached hydrogen (secondary N) is 1. The van der Waals surface area contributed by atoms with Crippen LogP contribution in [0.25, 0.3) is 6.08 Å². The van der Waals surface area contributed by atoms with Crippen molar-refractivity contribution in [3.05, 3.63) is 77.9 Å². The second-order valence-corrected chi connectivity index (χ2v) is 7.98. The van der Waals surface area contributed by atoms with Crippen molar-refractivity contribution >= 4 is 17.8 Å². The van der Waals surface area contributed by atoms with Crippen molar-refractivity contribution in [3.8, 4) is 0 Å². The largest absolute Gasteiger partial charge is 0.374 e. The Morgan fingerprint density at radius 1 is 1.16 bits per heavy atom. The zero-order chi connectivity index (χ0) is 22.1. The highest BCUT2D eigenvalue weighted by molar-refractivity contribution is 5.95. The minimum absolute atomic E-state index is 0.223. The molecule has 0 spiro atoms. The molecule has 3 N–H and O–H groups in total. The molecule has 7 nitrogen and oxygen atoms in total. The molecule has 0 radical (unpaired) electrons. The van der Waals surface area contributed by atoms with Crippen LogP contribution >= 0.6 is 0 Å². The number of aliphatic imine (C=N–C) groups is 1. The summed E-state index contributed by atoms with van der Waals surface area (Å²) in [5.41, 5.74) is 7.08. The van der Waals surface area contributed by atoms with Crippen molar-refractivity contribution < 1.29 is 9.53 Å². The Kier molecular flexibility index (Phi) is 7.81. The van der Waals surface area contributed by atoms with Crippen LogP contribution in [-0.2, 0) is 16.1 Å². The van der Waals surface area contributed by atoms with Crippen LogP contribution in [0.4, 0.5) is 0 Å². The molecule has 162 valence electrons. The molecule has 0 fully saturated rings. The number of azo groups is 1. The predicted octanol–water partition coefficient (Wildman–Crippen LogP) is 3.72. The number of hydrogen-bond donors (Lipinski definition) is 2. The number of amides is 1. The number of rotatable bonds is 10. The lowest BCUT2D eigenvalue weighted by Gasteiger charge is -2.23. The quantitative estimate of drug-likeness (QED) is 0.613. The zero-order valence-corrected chi connectivity index (χ0v) is 17.9. The fraction of sp³-hybridized carbons (Fsp3) is 0.333. The first-order valence-electron chi connectivity index (χ1n) is 10.3. The Labute approximate surface area is 183 Å². The number of benzene rings is 2. The molecule has 2 aromatic carbocycles. The van der Waals surface area contributed by atoms with E-state index in [0.717, 1.165) is 11.1 Å². The first-order chi connectivity index (χ1) is 14.9. The Morgan fingerprint density at radius 2 is 1.84 bits per heavy atom. The second kappa shape index (κ2) is 10.7. The van der Waals surface area contributed by atoms with Gasteiger partial charge in [0.25, 0.3) is 0 Å². The van der Waals surface area contributed by atoms with Crippen LogP contribution in [0, 0.1) is 0 Å². The highest BCUT2D eigenvalue weighted by atomic mass is 16.5. The van der Waals surface area contributed by atoms with Gasteiger partial charge in [0.2, 0.25) is 5.91 Å². The van der Waals surface area contributed by atoms with Gasteiger partial charge in [0, 0.05) is 6.42 Å². The van der Waals surface area contributed by atoms with E-state index >= 15 is 0 Å². The van der Waals surface area contributed by atoms with E-state index in [4.69, 9.17) is 10.5 Å². The number of nitrogens with zero attached hydrogens (tertiary/aromatic N) is 3. The van der Waals surface area contributed by atoms with Gasteiger partial charge in [-0.15, -0.1) is 5.11 Å². The number of ether oxygens (including phenoxy) is 1. The smallest absolute Gasteiger partial charge is 0.240 e. The molecule has 3 rings (SSSR count). The molecule has 7 heteroatoms. The normalized spacial score (nSPS) is 17.0. The van der Waals surface area contributed by atoms with E-state index in [1.54, 1.807) is 13.8 Å². The summed E-state index contributed by atoms with van der Waals surface area (Å²) < 4.78 is 5.83. The second-order valence-electron chi connectivity index (χ2n) is 7.98. The summed E-state index contributed by atoms with van der Waals surface area (Å²) >= 11 is 0. The van der Waals surface area contributed by atoms with Crippen LogP contribution in [0.2, 0.25) is 0 Å². The minimum atomic E-state index is -1.02. The maximum absolute atomic E-state index is 12.4. The lowest BCUT2D eigenvalue weighted by atomic mass is 10.1. The topological polar surface area (TPSA) is 101 Å². The summed E-state index contributed by atoms with van der Waals surface area (Å²) in [7, 11) is 0. The van der Waals surface area contributed by atoms with E-state index in [9.17, 15) is 4.79 Å². The Balaban J connectivity index is 1.61. The summed E-state index contributed by atoms with van der Waals surface area (Å²) in [5, 5.41) is 11.3. The Hall–Kier alpha value is -3.16. The third-order valence-electron chi connectivity index (χ3n) is 4.63. The van der Waals surface area contributed by atoms with Crippen LogP contribution < -0.4 is 11.1 Å². The van der Waals surface area contributed by atoms with Gasteiger partial charge in [-0.2, -0.15) is 5.11 Å². The zero-order valence-electron chi connectivity index (χ0n) is 17.9. The van der Waals surface area contributed by atoms with Crippen molar-refractivity contribution in [1.82, 2.24) is 5.32 Å². The molecule has 0 bridgehead atoms. The minimum Gasteiger partial charge on any atom is -0.374 e. The van der Waals surface area contributed by atoms with E-state index in [0.29, 0.717) is 18.9 Å². The summed E-state index contributed by atoms with van der Waals surface area (Å²) in [6.45, 7) is 3.95. The number of nitrogens with two attached hydrogens (primary N) is 1. The molecule has 1 unspecified atom stereocenters. The maximum Gasteiger partial charge on any atom is 0.240 e. The van der Waals surface area contributed by atoms with Crippen molar-refractivity contribution in [1.29, 1.82) is 0 Å². The van der Waals surface area contributed by atoms with Crippen LogP contribution in [0.1, 0.15) is 31.4 Å². The average Bonchev–Trinajstić information content (AvgIpc) is 3.22. The van der Waals surface area contributed by atoms with Crippen molar-refractivity contribution in [2.45, 2.75) is 44.6 Å². The SMILES string of the molecule is CC(C)(N)C(=O)N[C@H](COCc1ccccc1)C1=NC(C/C=C/c2ccccc2)N=N1. The molecule has 2 atom stereocenters. The van der Waals surface area contributed by atoms with Gasteiger partial charge in [0.05, 0.1) is 18.8 Å². The summed E-state index contributed by atoms with van der Waals surface area (Å²) in [6.07, 6.45) is 4.36. The van der Waals surface area contributed by atoms with E-state index in [1.807, 2.05) is 72.8 Å². The lowest BCUT2D eigenvalue weighted by molar-refractivity contribution is -0.125. The third kappa shape index (κ3) is 7.24. The lowest BCUT2D eigenvalue weighted by Crippen LogP contribution is -2.54. The predicted molar refractivity (Wildman–Crippen MR) is 122 cm³/mol. The molecule has 0 saturated heterocycles. The van der Waals surface area contributed by atoms with Gasteiger partial charge >= 0.3 is 0 Å². The van der Waals surface area contributed by atoms with E-state index in [1.165, 1.54) is 0 Å². The molecular weight excluding hydrogens is 390 g/mol. The van der Waals surface area contributed by atoms with Crippen molar-refractivity contribution in [2.24, 2.45) is 21.0 Å². The van der Waals surface area contributed by atoms with Gasteiger partial charge in [-0.25, -0.2) is 4.99 Å². The van der Waals surface area contributed by atoms with Crippen LogP contribution in [0.3, 0.4) is 0 Å². The van der Waals surface area contributed by atoms with E-state index in [-0.39, 0.29) is 18.7 Å². The molecule has 1 amide bonds. The molecule has 0 aliphatic carbocycles. The van der Waals surface area contributed by atoms with Gasteiger partial charge < -0.3 is 15.8 Å². The Morgan fingerprint density at radius 3 is 2.52 bits per heavy atom. The molecule has 1 aliphatic rings. The van der Waals surface area contributed by atoms with Gasteiger partial charge in [0.1, 0.15) is 6.04 Å². The van der Waals surface area contributed by atoms with E-state index < -0.39 is 11.6 Å². The third-order valence-corrected chi connectivity index (χ3v) is 4.63. The average molecular weight is 420 g/mol. The maximum atomic E-state index is 12.4. The molecule has 0 aromatic heterocycles. The number of hydrogen-bond acceptors (Lipinski definition) is 6. The molecule has 0 saturated carbocycles. The molecule has 2 aromatic rings. The standard InChI is InChI=1S/C24H29N5O2/c1-24(2,25)23(30)26-20(17-31-16-19-12-7-4-8-13-19)22-27-21(28-29-22)15-9-14-18-10-5-3-6-11-18/h3-14,20-21H,15-17,25H2,1-2H3,(H,26,30)/b14-9+/t20-,21?/m1/s1. The van der Waals surface area contributed by atoms with E-state index in [2.05, 4.69) is 20.5 Å². The molecule has 1 aliphatic heterocycles.